The smallest absolute Gasteiger partial charge is 0.319 e. The Morgan fingerprint density at radius 2 is 1.87 bits per heavy atom. The molecular formula is C29H32F2N6O. The van der Waals surface area contributed by atoms with Gasteiger partial charge >= 0.3 is 6.01 Å². The van der Waals surface area contributed by atoms with Crippen molar-refractivity contribution in [3.8, 4) is 17.3 Å². The summed E-state index contributed by atoms with van der Waals surface area (Å²) in [5, 5.41) is 5.64. The molecule has 0 radical (unpaired) electrons. The van der Waals surface area contributed by atoms with Crippen LogP contribution in [0.5, 0.6) is 6.01 Å². The van der Waals surface area contributed by atoms with Gasteiger partial charge in [0.05, 0.1) is 5.69 Å². The van der Waals surface area contributed by atoms with Crippen LogP contribution in [0.4, 0.5) is 14.6 Å². The van der Waals surface area contributed by atoms with Crippen LogP contribution >= 0.6 is 0 Å². The van der Waals surface area contributed by atoms with Crippen LogP contribution in [-0.2, 0) is 0 Å². The van der Waals surface area contributed by atoms with E-state index in [0.29, 0.717) is 47.0 Å². The van der Waals surface area contributed by atoms with Gasteiger partial charge in [0, 0.05) is 55.2 Å². The first kappa shape index (κ1) is 23.7. The summed E-state index contributed by atoms with van der Waals surface area (Å²) in [4.78, 5) is 18.4. The lowest BCUT2D eigenvalue weighted by atomic mass is 10.0. The Morgan fingerprint density at radius 1 is 1.03 bits per heavy atom. The molecule has 7 nitrogen and oxygen atoms in total. The maximum absolute atomic E-state index is 16.4. The number of benzene rings is 2. The van der Waals surface area contributed by atoms with Crippen molar-refractivity contribution in [1.82, 2.24) is 25.2 Å². The number of piperazine rings is 1. The van der Waals surface area contributed by atoms with Gasteiger partial charge < -0.3 is 19.9 Å². The first-order chi connectivity index (χ1) is 18.5. The number of fused-ring (bicyclic) bond motifs is 4. The Bertz CT molecular complexity index is 1530. The fourth-order valence-corrected chi connectivity index (χ4v) is 6.30. The molecular weight excluding hydrogens is 486 g/mol. The zero-order valence-corrected chi connectivity index (χ0v) is 21.3. The van der Waals surface area contributed by atoms with Crippen LogP contribution in [0.25, 0.3) is 32.9 Å². The number of halogens is 2. The number of anilines is 1. The molecule has 2 unspecified atom stereocenters. The van der Waals surface area contributed by atoms with Gasteiger partial charge in [-0.25, -0.2) is 8.78 Å². The number of hydrogen-bond donors (Lipinski definition) is 1. The molecule has 0 amide bonds. The van der Waals surface area contributed by atoms with Gasteiger partial charge in [-0.3, -0.25) is 4.98 Å². The Kier molecular flexibility index (Phi) is 5.85. The molecule has 3 saturated heterocycles. The highest BCUT2D eigenvalue weighted by Crippen LogP contribution is 2.37. The topological polar surface area (TPSA) is 66.4 Å². The molecule has 3 fully saturated rings. The van der Waals surface area contributed by atoms with Crippen LogP contribution in [0, 0.1) is 11.6 Å². The molecule has 0 saturated carbocycles. The van der Waals surface area contributed by atoms with Gasteiger partial charge in [0.2, 0.25) is 0 Å². The minimum absolute atomic E-state index is 0. The highest BCUT2D eigenvalue weighted by molar-refractivity contribution is 5.99. The first-order valence-corrected chi connectivity index (χ1v) is 13.4. The van der Waals surface area contributed by atoms with Crippen molar-refractivity contribution in [2.24, 2.45) is 0 Å². The van der Waals surface area contributed by atoms with E-state index in [4.69, 9.17) is 9.72 Å². The number of aromatic nitrogens is 3. The third-order valence-electron chi connectivity index (χ3n) is 8.34. The maximum atomic E-state index is 16.4. The molecule has 0 spiro atoms. The number of rotatable bonds is 5. The molecule has 1 N–H and O–H groups in total. The molecule has 2 aromatic heterocycles. The molecule has 4 aromatic rings. The predicted octanol–water partition coefficient (Wildman–Crippen LogP) is 4.78. The van der Waals surface area contributed by atoms with Gasteiger partial charge in [-0.2, -0.15) is 9.97 Å². The van der Waals surface area contributed by atoms with Crippen LogP contribution in [-0.4, -0.2) is 71.3 Å². The van der Waals surface area contributed by atoms with Gasteiger partial charge in [0.1, 0.15) is 23.8 Å². The van der Waals surface area contributed by atoms with E-state index in [0.717, 1.165) is 50.7 Å². The molecule has 3 atom stereocenters. The first-order valence-electron chi connectivity index (χ1n) is 13.4. The third-order valence-corrected chi connectivity index (χ3v) is 8.34. The van der Waals surface area contributed by atoms with Gasteiger partial charge in [0.15, 0.2) is 5.82 Å². The molecule has 2 aromatic carbocycles. The maximum Gasteiger partial charge on any atom is 0.319 e. The average molecular weight is 519 g/mol. The summed E-state index contributed by atoms with van der Waals surface area (Å²) in [6.45, 7) is 3.11. The second-order valence-electron chi connectivity index (χ2n) is 10.8. The van der Waals surface area contributed by atoms with Crippen LogP contribution in [0.1, 0.15) is 27.1 Å². The van der Waals surface area contributed by atoms with E-state index in [1.165, 1.54) is 12.1 Å². The Morgan fingerprint density at radius 3 is 2.66 bits per heavy atom. The van der Waals surface area contributed by atoms with Crippen molar-refractivity contribution in [3.63, 3.8) is 0 Å². The zero-order chi connectivity index (χ0) is 25.8. The van der Waals surface area contributed by atoms with E-state index < -0.39 is 11.6 Å². The van der Waals surface area contributed by atoms with Crippen LogP contribution in [0.15, 0.2) is 42.6 Å². The number of likely N-dealkylation sites (N-methyl/N-ethyl adjacent to an activating group) is 1. The van der Waals surface area contributed by atoms with E-state index >= 15 is 4.39 Å². The quantitative estimate of drug-likeness (QED) is 0.408. The van der Waals surface area contributed by atoms with Crippen molar-refractivity contribution < 1.29 is 14.9 Å². The third kappa shape index (κ3) is 4.14. The van der Waals surface area contributed by atoms with E-state index in [9.17, 15) is 4.39 Å². The number of hydrogen-bond acceptors (Lipinski definition) is 7. The molecule has 3 aliphatic rings. The van der Waals surface area contributed by atoms with Crippen LogP contribution < -0.4 is 15.0 Å². The van der Waals surface area contributed by atoms with E-state index in [1.54, 1.807) is 24.4 Å². The molecule has 7 rings (SSSR count). The molecule has 38 heavy (non-hydrogen) atoms. The summed E-state index contributed by atoms with van der Waals surface area (Å²) in [7, 11) is 2.09. The summed E-state index contributed by atoms with van der Waals surface area (Å²) < 4.78 is 36.6. The number of nitrogens with zero attached hydrogens (tertiary/aromatic N) is 5. The Hall–Kier alpha value is -3.43. The van der Waals surface area contributed by atoms with Gasteiger partial charge in [-0.05, 0) is 75.0 Å². The highest BCUT2D eigenvalue weighted by Gasteiger charge is 2.34. The molecule has 0 aliphatic carbocycles. The number of likely N-dealkylation sites (tertiary alicyclic amines) is 1. The monoisotopic (exact) mass is 518 g/mol. The number of nitrogens with one attached hydrogen (secondary N) is 1. The fraction of sp³-hybridized carbons (Fsp3) is 0.414. The second kappa shape index (κ2) is 9.39. The normalized spacial score (nSPS) is 23.6. The average Bonchev–Trinajstić information content (AvgIpc) is 3.50. The number of ether oxygens (including phenoxy) is 1. The molecule has 9 heteroatoms. The second-order valence-corrected chi connectivity index (χ2v) is 10.8. The van der Waals surface area contributed by atoms with Crippen molar-refractivity contribution >= 4 is 27.5 Å². The lowest BCUT2D eigenvalue weighted by molar-refractivity contribution is 0.188. The van der Waals surface area contributed by atoms with Crippen molar-refractivity contribution in [1.29, 1.82) is 0 Å². The van der Waals surface area contributed by atoms with E-state index in [2.05, 4.69) is 32.1 Å². The van der Waals surface area contributed by atoms with Crippen molar-refractivity contribution in [2.45, 2.75) is 43.8 Å². The zero-order valence-electron chi connectivity index (χ0n) is 21.3. The molecule has 3 aliphatic heterocycles. The largest absolute Gasteiger partial charge is 0.462 e. The SMILES string of the molecule is CN1CCC[C@H]1COc1nc(N2CC3CCC(C2)N3)c2ccc(-c3nccc4ccc(F)cc34)c(F)c2n1.[HH]. The Balaban J connectivity index is 0.00000277. The van der Waals surface area contributed by atoms with E-state index in [1.807, 2.05) is 6.07 Å². The lowest BCUT2D eigenvalue weighted by Gasteiger charge is -2.34. The van der Waals surface area contributed by atoms with Crippen LogP contribution in [0.3, 0.4) is 0 Å². The number of pyridine rings is 1. The Labute approximate surface area is 221 Å². The van der Waals surface area contributed by atoms with Gasteiger partial charge in [-0.15, -0.1) is 0 Å². The van der Waals surface area contributed by atoms with Crippen molar-refractivity contribution in [3.05, 3.63) is 54.2 Å². The minimum atomic E-state index is -0.503. The van der Waals surface area contributed by atoms with Crippen LogP contribution in [0.2, 0.25) is 0 Å². The minimum Gasteiger partial charge on any atom is -0.462 e. The van der Waals surface area contributed by atoms with Gasteiger partial charge in [-0.1, -0.05) is 6.07 Å². The lowest BCUT2D eigenvalue weighted by Crippen LogP contribution is -2.51. The summed E-state index contributed by atoms with van der Waals surface area (Å²) in [5.74, 6) is -0.194. The molecule has 198 valence electrons. The van der Waals surface area contributed by atoms with Crippen molar-refractivity contribution in [2.75, 3.05) is 38.2 Å². The summed E-state index contributed by atoms with van der Waals surface area (Å²) in [5.41, 5.74) is 0.861. The highest BCUT2D eigenvalue weighted by atomic mass is 19.1. The summed E-state index contributed by atoms with van der Waals surface area (Å²) in [6.07, 6.45) is 6.06. The fourth-order valence-electron chi connectivity index (χ4n) is 6.30. The van der Waals surface area contributed by atoms with Gasteiger partial charge in [0.25, 0.3) is 0 Å². The molecule has 2 bridgehead atoms. The summed E-state index contributed by atoms with van der Waals surface area (Å²) >= 11 is 0. The predicted molar refractivity (Wildman–Crippen MR) is 146 cm³/mol. The standard InChI is InChI=1S/C29H30F2N6O.H2/c1-36-12-2-3-21(36)16-38-29-34-27-23(28(35-29)37-14-19-6-7-20(15-37)33-19)9-8-22(25(27)31)26-24-13-18(30)5-4-17(24)10-11-32-26;/h4-5,8-11,13,19-21,33H,2-3,6-7,12,14-16H2,1H3;1H/t19?,20?,21-;/m0./s1. The molecule has 5 heterocycles. The summed E-state index contributed by atoms with van der Waals surface area (Å²) in [6, 6.07) is 11.1. The van der Waals surface area contributed by atoms with E-state index in [-0.39, 0.29) is 18.5 Å².